The highest BCUT2D eigenvalue weighted by atomic mass is 16.6. The van der Waals surface area contributed by atoms with Gasteiger partial charge in [-0.2, -0.15) is 0 Å². The Balaban J connectivity index is 1.77. The molecule has 1 N–H and O–H groups in total. The van der Waals surface area contributed by atoms with Gasteiger partial charge in [-0.1, -0.05) is 6.92 Å². The predicted molar refractivity (Wildman–Crippen MR) is 83.2 cm³/mol. The Morgan fingerprint density at radius 3 is 2.59 bits per heavy atom. The number of hydrogen-bond donors (Lipinski definition) is 1. The van der Waals surface area contributed by atoms with Crippen molar-refractivity contribution in [2.24, 2.45) is 23.7 Å². The zero-order valence-corrected chi connectivity index (χ0v) is 13.8. The van der Waals surface area contributed by atoms with Crippen LogP contribution in [0.15, 0.2) is 0 Å². The molecule has 22 heavy (non-hydrogen) atoms. The number of ether oxygens (including phenoxy) is 1. The van der Waals surface area contributed by atoms with Crippen LogP contribution in [0, 0.1) is 23.7 Å². The molecule has 2 bridgehead atoms. The Labute approximate surface area is 133 Å². The summed E-state index contributed by atoms with van der Waals surface area (Å²) in [5, 5.41) is 11.1. The number of piperidine rings is 2. The van der Waals surface area contributed by atoms with Gasteiger partial charge in [0.05, 0.1) is 6.10 Å². The zero-order chi connectivity index (χ0) is 15.5. The third kappa shape index (κ3) is 1.92. The summed E-state index contributed by atoms with van der Waals surface area (Å²) in [4.78, 5) is 14.3. The maximum atomic E-state index is 11.6. The Morgan fingerprint density at radius 1 is 1.23 bits per heavy atom. The van der Waals surface area contributed by atoms with E-state index in [1.807, 2.05) is 0 Å². The lowest BCUT2D eigenvalue weighted by atomic mass is 9.47. The first-order chi connectivity index (χ1) is 10.5. The summed E-state index contributed by atoms with van der Waals surface area (Å²) in [7, 11) is 0. The van der Waals surface area contributed by atoms with Crippen molar-refractivity contribution in [2.75, 3.05) is 13.1 Å². The van der Waals surface area contributed by atoms with Crippen LogP contribution in [-0.4, -0.2) is 46.8 Å². The molecule has 2 saturated heterocycles. The van der Waals surface area contributed by atoms with Gasteiger partial charge >= 0.3 is 5.97 Å². The molecule has 2 aliphatic carbocycles. The second kappa shape index (κ2) is 5.20. The summed E-state index contributed by atoms with van der Waals surface area (Å²) in [6.07, 6.45) is 6.33. The Hall–Kier alpha value is -0.610. The van der Waals surface area contributed by atoms with Crippen LogP contribution in [0.3, 0.4) is 0 Å². The normalized spacial score (nSPS) is 51.0. The van der Waals surface area contributed by atoms with Crippen LogP contribution >= 0.6 is 0 Å². The fraction of sp³-hybridized carbons (Fsp3) is 0.944. The molecule has 124 valence electrons. The number of esters is 1. The van der Waals surface area contributed by atoms with Crippen molar-refractivity contribution in [3.05, 3.63) is 0 Å². The van der Waals surface area contributed by atoms with Gasteiger partial charge in [-0.3, -0.25) is 9.69 Å². The van der Waals surface area contributed by atoms with E-state index >= 15 is 0 Å². The van der Waals surface area contributed by atoms with Crippen LogP contribution < -0.4 is 0 Å². The molecule has 2 heterocycles. The fourth-order valence-corrected chi connectivity index (χ4v) is 6.72. The third-order valence-corrected chi connectivity index (χ3v) is 7.10. The molecule has 0 aromatic carbocycles. The van der Waals surface area contributed by atoms with E-state index in [1.165, 1.54) is 45.7 Å². The van der Waals surface area contributed by atoms with E-state index in [0.29, 0.717) is 17.8 Å². The lowest BCUT2D eigenvalue weighted by Gasteiger charge is -2.68. The van der Waals surface area contributed by atoms with Crippen molar-refractivity contribution in [1.82, 2.24) is 4.90 Å². The molecule has 1 spiro atoms. The number of carbonyl (C=O) groups is 1. The molecule has 7 atom stereocenters. The molecule has 2 saturated carbocycles. The van der Waals surface area contributed by atoms with E-state index < -0.39 is 6.10 Å². The second-order valence-electron chi connectivity index (χ2n) is 8.25. The number of carbonyl (C=O) groups excluding carboxylic acids is 1. The van der Waals surface area contributed by atoms with Gasteiger partial charge < -0.3 is 9.84 Å². The molecular weight excluding hydrogens is 278 g/mol. The molecule has 0 radical (unpaired) electrons. The Morgan fingerprint density at radius 2 is 1.91 bits per heavy atom. The lowest BCUT2D eigenvalue weighted by molar-refractivity contribution is -0.242. The average molecular weight is 307 g/mol. The van der Waals surface area contributed by atoms with Gasteiger partial charge in [-0.15, -0.1) is 0 Å². The van der Waals surface area contributed by atoms with Gasteiger partial charge in [0.2, 0.25) is 0 Å². The summed E-state index contributed by atoms with van der Waals surface area (Å²) >= 11 is 0. The highest BCUT2D eigenvalue weighted by Crippen LogP contribution is 2.60. The van der Waals surface area contributed by atoms with Crippen molar-refractivity contribution >= 4 is 5.97 Å². The number of aliphatic hydroxyl groups is 1. The van der Waals surface area contributed by atoms with Gasteiger partial charge in [0.15, 0.2) is 0 Å². The van der Waals surface area contributed by atoms with Gasteiger partial charge in [0, 0.05) is 24.3 Å². The van der Waals surface area contributed by atoms with Crippen molar-refractivity contribution < 1.29 is 14.6 Å². The number of hydrogen-bond acceptors (Lipinski definition) is 4. The second-order valence-corrected chi connectivity index (χ2v) is 8.25. The SMILES string of the molecule is CC(=O)O[C@@H]1[C@@H](O)[C@H]2CCCN3CCC[C@@H]4[C@H]1C[C@@H](C)C[C@]243. The van der Waals surface area contributed by atoms with E-state index in [0.717, 1.165) is 12.8 Å². The Bertz CT molecular complexity index is 453. The van der Waals surface area contributed by atoms with E-state index in [2.05, 4.69) is 11.8 Å². The van der Waals surface area contributed by atoms with Gasteiger partial charge in [-0.25, -0.2) is 0 Å². The summed E-state index contributed by atoms with van der Waals surface area (Å²) in [5.74, 6) is 1.66. The summed E-state index contributed by atoms with van der Waals surface area (Å²) < 4.78 is 5.67. The lowest BCUT2D eigenvalue weighted by Crippen LogP contribution is -2.75. The zero-order valence-electron chi connectivity index (χ0n) is 13.8. The fourth-order valence-electron chi connectivity index (χ4n) is 6.72. The van der Waals surface area contributed by atoms with Crippen molar-refractivity contribution in [3.63, 3.8) is 0 Å². The summed E-state index contributed by atoms with van der Waals surface area (Å²) in [6.45, 7) is 6.21. The number of nitrogens with zero attached hydrogens (tertiary/aromatic N) is 1. The molecule has 2 aliphatic heterocycles. The van der Waals surface area contributed by atoms with Crippen LogP contribution in [0.1, 0.15) is 52.4 Å². The third-order valence-electron chi connectivity index (χ3n) is 7.10. The van der Waals surface area contributed by atoms with Crippen molar-refractivity contribution in [1.29, 1.82) is 0 Å². The largest absolute Gasteiger partial charge is 0.459 e. The molecule has 4 heteroatoms. The molecule has 0 aromatic heterocycles. The molecule has 4 rings (SSSR count). The van der Waals surface area contributed by atoms with Gasteiger partial charge in [0.25, 0.3) is 0 Å². The van der Waals surface area contributed by atoms with Crippen molar-refractivity contribution in [3.8, 4) is 0 Å². The van der Waals surface area contributed by atoms with E-state index in [1.54, 1.807) is 0 Å². The molecule has 4 nitrogen and oxygen atoms in total. The quantitative estimate of drug-likeness (QED) is 0.755. The van der Waals surface area contributed by atoms with Crippen LogP contribution in [0.5, 0.6) is 0 Å². The maximum Gasteiger partial charge on any atom is 0.303 e. The minimum absolute atomic E-state index is 0.189. The van der Waals surface area contributed by atoms with E-state index in [9.17, 15) is 9.90 Å². The van der Waals surface area contributed by atoms with Crippen LogP contribution in [0.4, 0.5) is 0 Å². The topological polar surface area (TPSA) is 49.8 Å². The number of rotatable bonds is 1. The monoisotopic (exact) mass is 307 g/mol. The van der Waals surface area contributed by atoms with Crippen LogP contribution in [0.2, 0.25) is 0 Å². The molecule has 0 unspecified atom stereocenters. The first-order valence-corrected chi connectivity index (χ1v) is 9.14. The Kier molecular flexibility index (Phi) is 3.53. The van der Waals surface area contributed by atoms with Crippen molar-refractivity contribution in [2.45, 2.75) is 70.1 Å². The first kappa shape index (κ1) is 14.9. The standard InChI is InChI=1S/C18H29NO3/c1-11-9-13-14-5-3-7-19-8-4-6-15(18(14,19)10-11)16(21)17(13)22-12(2)20/h11,13-17,21H,3-10H2,1-2H3/t11-,13-,14-,15-,16+,17+,18-/m1/s1. The van der Waals surface area contributed by atoms with Crippen LogP contribution in [-0.2, 0) is 9.53 Å². The van der Waals surface area contributed by atoms with E-state index in [-0.39, 0.29) is 23.5 Å². The minimum Gasteiger partial charge on any atom is -0.459 e. The molecule has 0 amide bonds. The average Bonchev–Trinajstić information content (AvgIpc) is 2.47. The highest BCUT2D eigenvalue weighted by molar-refractivity contribution is 5.66. The predicted octanol–water partition coefficient (Wildman–Crippen LogP) is 2.20. The maximum absolute atomic E-state index is 11.6. The minimum atomic E-state index is -0.474. The smallest absolute Gasteiger partial charge is 0.303 e. The molecule has 4 fully saturated rings. The summed E-state index contributed by atoms with van der Waals surface area (Å²) in [5.41, 5.74) is 0.189. The van der Waals surface area contributed by atoms with Gasteiger partial charge in [0.1, 0.15) is 6.10 Å². The molecule has 4 aliphatic rings. The molecular formula is C18H29NO3. The van der Waals surface area contributed by atoms with Gasteiger partial charge in [-0.05, 0) is 63.5 Å². The molecule has 0 aromatic rings. The highest BCUT2D eigenvalue weighted by Gasteiger charge is 2.65. The van der Waals surface area contributed by atoms with Crippen LogP contribution in [0.25, 0.3) is 0 Å². The number of aliphatic hydroxyl groups excluding tert-OH is 1. The first-order valence-electron chi connectivity index (χ1n) is 9.14. The summed E-state index contributed by atoms with van der Waals surface area (Å²) in [6, 6.07) is 0. The van der Waals surface area contributed by atoms with E-state index in [4.69, 9.17) is 4.74 Å².